The number of nitrogens with zero attached hydrogens (tertiary/aromatic N) is 2. The second-order valence-corrected chi connectivity index (χ2v) is 8.37. The zero-order valence-corrected chi connectivity index (χ0v) is 17.2. The van der Waals surface area contributed by atoms with Gasteiger partial charge >= 0.3 is 0 Å². The molecule has 0 fully saturated rings. The first-order chi connectivity index (χ1) is 12.3. The highest BCUT2D eigenvalue weighted by Crippen LogP contribution is 2.31. The van der Waals surface area contributed by atoms with Crippen LogP contribution in [0, 0.1) is 6.92 Å². The van der Waals surface area contributed by atoms with Crippen LogP contribution < -0.4 is 9.80 Å². The van der Waals surface area contributed by atoms with Gasteiger partial charge in [-0.1, -0.05) is 46.7 Å². The van der Waals surface area contributed by atoms with Gasteiger partial charge in [-0.3, -0.25) is 9.69 Å². The number of benzene rings is 2. The van der Waals surface area contributed by atoms with Gasteiger partial charge in [-0.05, 0) is 36.8 Å². The average Bonchev–Trinajstić information content (AvgIpc) is 2.99. The SMILES string of the molecule is Cc1cccc2sc(N(CC[NH+](C)C)C(=O)c3cc(Cl)cc(Cl)c3)nc12. The van der Waals surface area contributed by atoms with Crippen LogP contribution >= 0.6 is 34.5 Å². The molecule has 1 N–H and O–H groups in total. The molecule has 26 heavy (non-hydrogen) atoms. The molecule has 0 spiro atoms. The molecule has 7 heteroatoms. The Kier molecular flexibility index (Phi) is 5.82. The number of para-hydroxylation sites is 1. The molecule has 0 aliphatic rings. The van der Waals surface area contributed by atoms with Crippen LogP contribution in [0.2, 0.25) is 10.0 Å². The lowest BCUT2D eigenvalue weighted by Crippen LogP contribution is -3.06. The van der Waals surface area contributed by atoms with Gasteiger partial charge in [0.1, 0.15) is 0 Å². The predicted molar refractivity (Wildman–Crippen MR) is 110 cm³/mol. The summed E-state index contributed by atoms with van der Waals surface area (Å²) in [4.78, 5) is 20.9. The number of hydrogen-bond acceptors (Lipinski definition) is 3. The standard InChI is InChI=1S/C19H19Cl2N3OS/c1-12-5-4-6-16-17(12)22-19(26-16)24(8-7-23(2)3)18(25)13-9-14(20)11-15(21)10-13/h4-6,9-11H,7-8H2,1-3H3/p+1. The number of thiazole rings is 1. The fraction of sp³-hybridized carbons (Fsp3) is 0.263. The summed E-state index contributed by atoms with van der Waals surface area (Å²) in [6.45, 7) is 3.39. The van der Waals surface area contributed by atoms with Crippen LogP contribution in [-0.2, 0) is 0 Å². The molecule has 136 valence electrons. The average molecular weight is 409 g/mol. The number of amides is 1. The summed E-state index contributed by atoms with van der Waals surface area (Å²) in [7, 11) is 4.11. The second kappa shape index (κ2) is 7.92. The minimum absolute atomic E-state index is 0.146. The lowest BCUT2D eigenvalue weighted by molar-refractivity contribution is -0.856. The van der Waals surface area contributed by atoms with Crippen LogP contribution in [0.15, 0.2) is 36.4 Å². The number of nitrogens with one attached hydrogen (secondary N) is 1. The van der Waals surface area contributed by atoms with Crippen LogP contribution in [-0.4, -0.2) is 38.1 Å². The van der Waals surface area contributed by atoms with Crippen molar-refractivity contribution in [3.8, 4) is 0 Å². The maximum Gasteiger partial charge on any atom is 0.260 e. The molecule has 0 saturated heterocycles. The van der Waals surface area contributed by atoms with Crippen molar-refractivity contribution in [3.05, 3.63) is 57.6 Å². The number of aromatic nitrogens is 1. The predicted octanol–water partition coefficient (Wildman–Crippen LogP) is 3.70. The third kappa shape index (κ3) is 4.18. The van der Waals surface area contributed by atoms with Gasteiger partial charge in [0.2, 0.25) is 0 Å². The summed E-state index contributed by atoms with van der Waals surface area (Å²) in [6.07, 6.45) is 0. The zero-order chi connectivity index (χ0) is 18.8. The highest BCUT2D eigenvalue weighted by molar-refractivity contribution is 7.22. The van der Waals surface area contributed by atoms with E-state index in [-0.39, 0.29) is 5.91 Å². The molecular weight excluding hydrogens is 389 g/mol. The van der Waals surface area contributed by atoms with Crippen molar-refractivity contribution in [1.82, 2.24) is 4.98 Å². The van der Waals surface area contributed by atoms with Crippen molar-refractivity contribution in [3.63, 3.8) is 0 Å². The number of aryl methyl sites for hydroxylation is 1. The van der Waals surface area contributed by atoms with Crippen molar-refractivity contribution in [2.24, 2.45) is 0 Å². The molecule has 0 aliphatic heterocycles. The molecule has 0 aliphatic carbocycles. The number of anilines is 1. The Labute approximate surface area is 167 Å². The molecule has 3 rings (SSSR count). The summed E-state index contributed by atoms with van der Waals surface area (Å²) in [5.74, 6) is -0.146. The highest BCUT2D eigenvalue weighted by atomic mass is 35.5. The Morgan fingerprint density at radius 1 is 1.19 bits per heavy atom. The quantitative estimate of drug-likeness (QED) is 0.698. The van der Waals surface area contributed by atoms with Crippen molar-refractivity contribution in [1.29, 1.82) is 0 Å². The van der Waals surface area contributed by atoms with Crippen molar-refractivity contribution in [2.75, 3.05) is 32.1 Å². The molecule has 0 unspecified atom stereocenters. The smallest absolute Gasteiger partial charge is 0.260 e. The van der Waals surface area contributed by atoms with Crippen LogP contribution in [0.25, 0.3) is 10.2 Å². The van der Waals surface area contributed by atoms with Crippen molar-refractivity contribution in [2.45, 2.75) is 6.92 Å². The Hall–Kier alpha value is -1.66. The van der Waals surface area contributed by atoms with Crippen LogP contribution in [0.4, 0.5) is 5.13 Å². The van der Waals surface area contributed by atoms with Gasteiger partial charge in [0.25, 0.3) is 5.91 Å². The minimum atomic E-state index is -0.146. The van der Waals surface area contributed by atoms with E-state index in [1.165, 1.54) is 16.2 Å². The largest absolute Gasteiger partial charge is 0.338 e. The summed E-state index contributed by atoms with van der Waals surface area (Å²) >= 11 is 13.7. The lowest BCUT2D eigenvalue weighted by atomic mass is 10.2. The molecular formula is C19H20Cl2N3OS+. The maximum absolute atomic E-state index is 13.2. The Bertz CT molecular complexity index is 935. The maximum atomic E-state index is 13.2. The molecule has 4 nitrogen and oxygen atoms in total. The van der Waals surface area contributed by atoms with Crippen LogP contribution in [0.5, 0.6) is 0 Å². The third-order valence-electron chi connectivity index (χ3n) is 4.03. The number of carbonyl (C=O) groups is 1. The minimum Gasteiger partial charge on any atom is -0.338 e. The number of rotatable bonds is 5. The number of halogens is 2. The fourth-order valence-corrected chi connectivity index (χ4v) is 4.24. The molecule has 0 saturated carbocycles. The first kappa shape index (κ1) is 19.1. The number of likely N-dealkylation sites (N-methyl/N-ethyl adjacent to an activating group) is 1. The van der Waals surface area contributed by atoms with E-state index >= 15 is 0 Å². The molecule has 0 radical (unpaired) electrons. The van der Waals surface area contributed by atoms with Crippen molar-refractivity contribution >= 4 is 55.8 Å². The molecule has 3 aromatic rings. The monoisotopic (exact) mass is 408 g/mol. The molecule has 1 aromatic heterocycles. The number of hydrogen-bond donors (Lipinski definition) is 1. The van der Waals surface area contributed by atoms with Gasteiger partial charge in [-0.2, -0.15) is 0 Å². The number of quaternary nitrogens is 1. The van der Waals surface area contributed by atoms with Crippen LogP contribution in [0.3, 0.4) is 0 Å². The van der Waals surface area contributed by atoms with E-state index in [1.807, 2.05) is 25.1 Å². The van der Waals surface area contributed by atoms with E-state index in [1.54, 1.807) is 23.1 Å². The summed E-state index contributed by atoms with van der Waals surface area (Å²) in [5.41, 5.74) is 2.50. The van der Waals surface area contributed by atoms with Gasteiger partial charge in [0.15, 0.2) is 5.13 Å². The van der Waals surface area contributed by atoms with Gasteiger partial charge in [-0.25, -0.2) is 4.98 Å². The molecule has 0 atom stereocenters. The molecule has 2 aromatic carbocycles. The Balaban J connectivity index is 2.03. The molecule has 1 amide bonds. The van der Waals surface area contributed by atoms with E-state index in [9.17, 15) is 4.79 Å². The number of fused-ring (bicyclic) bond motifs is 1. The second-order valence-electron chi connectivity index (χ2n) is 6.49. The fourth-order valence-electron chi connectivity index (χ4n) is 2.64. The van der Waals surface area contributed by atoms with Gasteiger partial charge in [0, 0.05) is 15.6 Å². The third-order valence-corrected chi connectivity index (χ3v) is 5.51. The van der Waals surface area contributed by atoms with Gasteiger partial charge in [0.05, 0.1) is 37.4 Å². The molecule has 1 heterocycles. The first-order valence-corrected chi connectivity index (χ1v) is 9.85. The summed E-state index contributed by atoms with van der Waals surface area (Å²) in [6, 6.07) is 11.0. The van der Waals surface area contributed by atoms with E-state index < -0.39 is 0 Å². The van der Waals surface area contributed by atoms with Gasteiger partial charge < -0.3 is 4.90 Å². The van der Waals surface area contributed by atoms with E-state index in [2.05, 4.69) is 14.1 Å². The normalized spacial score (nSPS) is 11.3. The first-order valence-electron chi connectivity index (χ1n) is 8.28. The summed E-state index contributed by atoms with van der Waals surface area (Å²) in [5, 5.41) is 1.58. The Morgan fingerprint density at radius 2 is 1.88 bits per heavy atom. The number of carbonyl (C=O) groups excluding carboxylic acids is 1. The molecule has 0 bridgehead atoms. The van der Waals surface area contributed by atoms with Gasteiger partial charge in [-0.15, -0.1) is 0 Å². The van der Waals surface area contributed by atoms with E-state index in [4.69, 9.17) is 28.2 Å². The van der Waals surface area contributed by atoms with E-state index in [0.29, 0.717) is 27.3 Å². The topological polar surface area (TPSA) is 37.6 Å². The highest BCUT2D eigenvalue weighted by Gasteiger charge is 2.23. The van der Waals surface area contributed by atoms with Crippen molar-refractivity contribution < 1.29 is 9.69 Å². The van der Waals surface area contributed by atoms with Crippen LogP contribution in [0.1, 0.15) is 15.9 Å². The summed E-state index contributed by atoms with van der Waals surface area (Å²) < 4.78 is 1.07. The van der Waals surface area contributed by atoms with E-state index in [0.717, 1.165) is 22.3 Å². The lowest BCUT2D eigenvalue weighted by Gasteiger charge is -2.21. The Morgan fingerprint density at radius 3 is 2.50 bits per heavy atom. The zero-order valence-electron chi connectivity index (χ0n) is 14.8.